The average molecular weight is 383 g/mol. The molecule has 1 rings (SSSR count). The van der Waals surface area contributed by atoms with E-state index in [0.29, 0.717) is 6.42 Å². The van der Waals surface area contributed by atoms with Crippen molar-refractivity contribution < 1.29 is 13.5 Å². The van der Waals surface area contributed by atoms with Gasteiger partial charge in [-0.1, -0.05) is 13.8 Å². The maximum Gasteiger partial charge on any atom is 0.240 e. The Morgan fingerprint density at radius 3 is 2.28 bits per heavy atom. The maximum atomic E-state index is 12.1. The van der Waals surface area contributed by atoms with Gasteiger partial charge in [0.2, 0.25) is 10.0 Å². The molecule has 102 valence electrons. The summed E-state index contributed by atoms with van der Waals surface area (Å²) in [5.41, 5.74) is 0. The maximum absolute atomic E-state index is 12.1. The summed E-state index contributed by atoms with van der Waals surface area (Å²) in [6, 6.07) is 6.43. The predicted octanol–water partition coefficient (Wildman–Crippen LogP) is 1.98. The zero-order valence-electron chi connectivity index (χ0n) is 10.4. The minimum absolute atomic E-state index is 0.0297. The number of sulfonamides is 1. The molecule has 18 heavy (non-hydrogen) atoms. The van der Waals surface area contributed by atoms with E-state index in [0.717, 1.165) is 3.57 Å². The molecule has 0 aliphatic carbocycles. The standard InChI is InChI=1S/C12H18INO3S/c1-9(2)12(7-8-15)14-18(16,17)11-5-3-10(13)4-6-11/h3-6,9,12,14-15H,7-8H2,1-2H3. The van der Waals surface area contributed by atoms with Crippen LogP contribution in [-0.2, 0) is 10.0 Å². The van der Waals surface area contributed by atoms with Gasteiger partial charge in [0.25, 0.3) is 0 Å². The third-order valence-electron chi connectivity index (χ3n) is 2.68. The lowest BCUT2D eigenvalue weighted by molar-refractivity contribution is 0.256. The molecule has 0 amide bonds. The van der Waals surface area contributed by atoms with Crippen LogP contribution in [0.5, 0.6) is 0 Å². The molecule has 0 aromatic heterocycles. The van der Waals surface area contributed by atoms with Crippen LogP contribution in [0.2, 0.25) is 0 Å². The minimum atomic E-state index is -3.51. The predicted molar refractivity (Wildman–Crippen MR) is 79.8 cm³/mol. The van der Waals surface area contributed by atoms with E-state index in [1.54, 1.807) is 24.3 Å². The van der Waals surface area contributed by atoms with Gasteiger partial charge in [-0.15, -0.1) is 0 Å². The SMILES string of the molecule is CC(C)C(CCO)NS(=O)(=O)c1ccc(I)cc1. The van der Waals surface area contributed by atoms with Crippen molar-refractivity contribution in [3.63, 3.8) is 0 Å². The molecule has 0 aliphatic rings. The second-order valence-electron chi connectivity index (χ2n) is 4.44. The summed E-state index contributed by atoms with van der Waals surface area (Å²) in [6.45, 7) is 3.83. The third-order valence-corrected chi connectivity index (χ3v) is 4.90. The Balaban J connectivity index is 2.89. The van der Waals surface area contributed by atoms with E-state index in [1.807, 2.05) is 13.8 Å². The van der Waals surface area contributed by atoms with Crippen molar-refractivity contribution in [2.75, 3.05) is 6.61 Å². The Morgan fingerprint density at radius 2 is 1.83 bits per heavy atom. The van der Waals surface area contributed by atoms with E-state index in [2.05, 4.69) is 27.3 Å². The largest absolute Gasteiger partial charge is 0.396 e. The fourth-order valence-corrected chi connectivity index (χ4v) is 3.33. The van der Waals surface area contributed by atoms with Crippen molar-refractivity contribution in [2.24, 2.45) is 5.92 Å². The van der Waals surface area contributed by atoms with Crippen LogP contribution in [0, 0.1) is 9.49 Å². The number of nitrogens with one attached hydrogen (secondary N) is 1. The van der Waals surface area contributed by atoms with E-state index in [9.17, 15) is 8.42 Å². The van der Waals surface area contributed by atoms with Crippen LogP contribution in [0.15, 0.2) is 29.2 Å². The quantitative estimate of drug-likeness (QED) is 0.739. The van der Waals surface area contributed by atoms with Crippen molar-refractivity contribution in [2.45, 2.75) is 31.2 Å². The molecule has 2 N–H and O–H groups in total. The fraction of sp³-hybridized carbons (Fsp3) is 0.500. The van der Waals surface area contributed by atoms with Gasteiger partial charge in [0, 0.05) is 16.2 Å². The number of aliphatic hydroxyl groups is 1. The van der Waals surface area contributed by atoms with Gasteiger partial charge in [0.1, 0.15) is 0 Å². The number of hydrogen-bond donors (Lipinski definition) is 2. The van der Waals surface area contributed by atoms with E-state index in [-0.39, 0.29) is 23.5 Å². The third kappa shape index (κ3) is 4.49. The summed E-state index contributed by atoms with van der Waals surface area (Å²) < 4.78 is 27.9. The second-order valence-corrected chi connectivity index (χ2v) is 7.40. The molecule has 0 radical (unpaired) electrons. The Bertz CT molecular complexity index is 471. The molecule has 0 saturated heterocycles. The molecule has 0 bridgehead atoms. The van der Waals surface area contributed by atoms with Crippen LogP contribution >= 0.6 is 22.6 Å². The molecule has 1 atom stereocenters. The Hall–Kier alpha value is -0.180. The number of hydrogen-bond acceptors (Lipinski definition) is 3. The topological polar surface area (TPSA) is 66.4 Å². The summed E-state index contributed by atoms with van der Waals surface area (Å²) in [5, 5.41) is 8.95. The molecule has 1 unspecified atom stereocenters. The monoisotopic (exact) mass is 383 g/mol. The van der Waals surface area contributed by atoms with Crippen molar-refractivity contribution in [3.05, 3.63) is 27.8 Å². The van der Waals surface area contributed by atoms with Crippen LogP contribution in [0.25, 0.3) is 0 Å². The highest BCUT2D eigenvalue weighted by Crippen LogP contribution is 2.15. The normalized spacial score (nSPS) is 13.8. The molecule has 1 aromatic carbocycles. The van der Waals surface area contributed by atoms with Gasteiger partial charge >= 0.3 is 0 Å². The van der Waals surface area contributed by atoms with Crippen LogP contribution in [-0.4, -0.2) is 26.2 Å². The summed E-state index contributed by atoms with van der Waals surface area (Å²) in [6.07, 6.45) is 0.418. The molecule has 4 nitrogen and oxygen atoms in total. The fourth-order valence-electron chi connectivity index (χ4n) is 1.55. The highest BCUT2D eigenvalue weighted by Gasteiger charge is 2.21. The van der Waals surface area contributed by atoms with Gasteiger partial charge < -0.3 is 5.11 Å². The molecule has 0 heterocycles. The van der Waals surface area contributed by atoms with Gasteiger partial charge in [-0.2, -0.15) is 0 Å². The van der Waals surface area contributed by atoms with Gasteiger partial charge in [-0.05, 0) is 59.2 Å². The highest BCUT2D eigenvalue weighted by atomic mass is 127. The van der Waals surface area contributed by atoms with Crippen molar-refractivity contribution in [3.8, 4) is 0 Å². The van der Waals surface area contributed by atoms with E-state index in [4.69, 9.17) is 5.11 Å². The van der Waals surface area contributed by atoms with Crippen molar-refractivity contribution in [1.82, 2.24) is 4.72 Å². The molecule has 0 spiro atoms. The summed E-state index contributed by atoms with van der Waals surface area (Å²) in [7, 11) is -3.51. The summed E-state index contributed by atoms with van der Waals surface area (Å²) in [5.74, 6) is 0.135. The smallest absolute Gasteiger partial charge is 0.240 e. The lowest BCUT2D eigenvalue weighted by atomic mass is 10.0. The summed E-state index contributed by atoms with van der Waals surface area (Å²) >= 11 is 2.13. The molecule has 6 heteroatoms. The highest BCUT2D eigenvalue weighted by molar-refractivity contribution is 14.1. The van der Waals surface area contributed by atoms with E-state index < -0.39 is 10.0 Å². The molecule has 0 saturated carbocycles. The molecular formula is C12H18INO3S. The Kier molecular flexibility index (Phi) is 6.03. The first kappa shape index (κ1) is 15.9. The van der Waals surface area contributed by atoms with E-state index in [1.165, 1.54) is 0 Å². The van der Waals surface area contributed by atoms with Crippen LogP contribution in [0.4, 0.5) is 0 Å². The number of halogens is 1. The lowest BCUT2D eigenvalue weighted by Gasteiger charge is -2.21. The number of benzene rings is 1. The average Bonchev–Trinajstić information content (AvgIpc) is 2.28. The van der Waals surface area contributed by atoms with Crippen LogP contribution < -0.4 is 4.72 Å². The zero-order chi connectivity index (χ0) is 13.8. The minimum Gasteiger partial charge on any atom is -0.396 e. The number of aliphatic hydroxyl groups excluding tert-OH is 1. The van der Waals surface area contributed by atoms with Gasteiger partial charge in [0.15, 0.2) is 0 Å². The Morgan fingerprint density at radius 1 is 1.28 bits per heavy atom. The van der Waals surface area contributed by atoms with Gasteiger partial charge in [-0.25, -0.2) is 13.1 Å². The second kappa shape index (κ2) is 6.83. The summed E-state index contributed by atoms with van der Waals surface area (Å²) in [4.78, 5) is 0.256. The van der Waals surface area contributed by atoms with Crippen LogP contribution in [0.1, 0.15) is 20.3 Å². The zero-order valence-corrected chi connectivity index (χ0v) is 13.4. The molecular weight excluding hydrogens is 365 g/mol. The first-order valence-electron chi connectivity index (χ1n) is 5.75. The molecule has 1 aromatic rings. The number of rotatable bonds is 6. The van der Waals surface area contributed by atoms with E-state index >= 15 is 0 Å². The molecule has 0 fully saturated rings. The first-order valence-corrected chi connectivity index (χ1v) is 8.32. The molecule has 0 aliphatic heterocycles. The van der Waals surface area contributed by atoms with Crippen LogP contribution in [0.3, 0.4) is 0 Å². The lowest BCUT2D eigenvalue weighted by Crippen LogP contribution is -2.39. The van der Waals surface area contributed by atoms with Crippen molar-refractivity contribution in [1.29, 1.82) is 0 Å². The van der Waals surface area contributed by atoms with Gasteiger partial charge in [0.05, 0.1) is 4.90 Å². The Labute approximate surface area is 122 Å². The van der Waals surface area contributed by atoms with Crippen molar-refractivity contribution >= 4 is 32.6 Å². The first-order chi connectivity index (χ1) is 8.36. The van der Waals surface area contributed by atoms with Gasteiger partial charge in [-0.3, -0.25) is 0 Å².